The lowest BCUT2D eigenvalue weighted by molar-refractivity contribution is 0.0594. The second-order valence-electron chi connectivity index (χ2n) is 6.19. The first kappa shape index (κ1) is 21.1. The van der Waals surface area contributed by atoms with Gasteiger partial charge in [-0.1, -0.05) is 23.7 Å². The summed E-state index contributed by atoms with van der Waals surface area (Å²) in [6, 6.07) is 13.6. The molecule has 0 radical (unpaired) electrons. The maximum Gasteiger partial charge on any atom is 0.356 e. The van der Waals surface area contributed by atoms with Crippen molar-refractivity contribution in [2.75, 3.05) is 24.8 Å². The summed E-state index contributed by atoms with van der Waals surface area (Å²) < 4.78 is 10.2. The van der Waals surface area contributed by atoms with E-state index >= 15 is 0 Å². The highest BCUT2D eigenvalue weighted by Crippen LogP contribution is 2.17. The van der Waals surface area contributed by atoms with Gasteiger partial charge in [-0.2, -0.15) is 0 Å². The first-order valence-corrected chi connectivity index (χ1v) is 9.33. The Morgan fingerprint density at radius 3 is 2.53 bits per heavy atom. The Bertz CT molecular complexity index is 1040. The van der Waals surface area contributed by atoms with Gasteiger partial charge in [-0.15, -0.1) is 0 Å². The number of nitrogen functional groups attached to an aromatic ring is 1. The second-order valence-corrected chi connectivity index (χ2v) is 6.58. The molecule has 154 valence electrons. The van der Waals surface area contributed by atoms with Crippen LogP contribution in [-0.4, -0.2) is 35.6 Å². The molecule has 3 rings (SSSR count). The van der Waals surface area contributed by atoms with E-state index in [4.69, 9.17) is 22.1 Å². The van der Waals surface area contributed by atoms with E-state index in [2.05, 4.69) is 20.0 Å². The number of ether oxygens (including phenoxy) is 2. The number of nitrogens with two attached hydrogens (primary N) is 1. The molecule has 1 aromatic carbocycles. The second kappa shape index (κ2) is 9.71. The van der Waals surface area contributed by atoms with E-state index < -0.39 is 11.9 Å². The summed E-state index contributed by atoms with van der Waals surface area (Å²) >= 11 is 5.82. The van der Waals surface area contributed by atoms with E-state index in [-0.39, 0.29) is 22.2 Å². The maximum absolute atomic E-state index is 12.3. The molecule has 0 aliphatic carbocycles. The van der Waals surface area contributed by atoms with E-state index in [1.165, 1.54) is 25.4 Å². The number of nitrogens with zero attached hydrogens (tertiary/aromatic N) is 2. The van der Waals surface area contributed by atoms with Gasteiger partial charge in [0.15, 0.2) is 5.69 Å². The van der Waals surface area contributed by atoms with Crippen LogP contribution < -0.4 is 15.8 Å². The standard InChI is InChI=1S/C21H19ClN4O4/c1-29-21(28)17-8-6-15(12-24-17)30-11-10-13-2-4-14(5-3-13)25-20(27)19-16(23)7-9-18(22)26-19/h2-9,12H,10-11,23H2,1H3,(H,25,27). The summed E-state index contributed by atoms with van der Waals surface area (Å²) in [5.74, 6) is -0.380. The number of benzene rings is 1. The van der Waals surface area contributed by atoms with Gasteiger partial charge in [0.1, 0.15) is 16.6 Å². The zero-order valence-corrected chi connectivity index (χ0v) is 16.8. The minimum absolute atomic E-state index is 0.0757. The monoisotopic (exact) mass is 426 g/mol. The summed E-state index contributed by atoms with van der Waals surface area (Å²) in [6.45, 7) is 0.425. The smallest absolute Gasteiger partial charge is 0.356 e. The Hall–Kier alpha value is -3.65. The molecule has 0 unspecified atom stereocenters. The van der Waals surface area contributed by atoms with E-state index in [1.807, 2.05) is 12.1 Å². The molecule has 2 aromatic heterocycles. The van der Waals surface area contributed by atoms with Crippen molar-refractivity contribution in [3.05, 3.63) is 76.8 Å². The van der Waals surface area contributed by atoms with Gasteiger partial charge in [0, 0.05) is 12.1 Å². The molecule has 0 aliphatic heterocycles. The van der Waals surface area contributed by atoms with Crippen molar-refractivity contribution in [2.24, 2.45) is 0 Å². The molecule has 8 nitrogen and oxygen atoms in total. The van der Waals surface area contributed by atoms with E-state index in [9.17, 15) is 9.59 Å². The zero-order valence-electron chi connectivity index (χ0n) is 16.1. The zero-order chi connectivity index (χ0) is 21.5. The van der Waals surface area contributed by atoms with E-state index in [0.717, 1.165) is 5.56 Å². The molecule has 2 heterocycles. The van der Waals surface area contributed by atoms with Gasteiger partial charge in [-0.25, -0.2) is 14.8 Å². The van der Waals surface area contributed by atoms with Gasteiger partial charge in [-0.3, -0.25) is 4.79 Å². The number of halogens is 1. The molecule has 1 amide bonds. The number of anilines is 2. The highest BCUT2D eigenvalue weighted by molar-refractivity contribution is 6.29. The summed E-state index contributed by atoms with van der Waals surface area (Å²) in [7, 11) is 1.30. The van der Waals surface area contributed by atoms with Crippen molar-refractivity contribution < 1.29 is 19.1 Å². The number of carbonyl (C=O) groups excluding carboxylic acids is 2. The Morgan fingerprint density at radius 2 is 1.87 bits per heavy atom. The Kier molecular flexibility index (Phi) is 6.82. The SMILES string of the molecule is COC(=O)c1ccc(OCCc2ccc(NC(=O)c3nc(Cl)ccc3N)cc2)cn1. The van der Waals surface area contributed by atoms with Gasteiger partial charge in [-0.05, 0) is 42.0 Å². The summed E-state index contributed by atoms with van der Waals surface area (Å²) in [5.41, 5.74) is 7.95. The molecule has 0 aliphatic rings. The fourth-order valence-electron chi connectivity index (χ4n) is 2.55. The number of amides is 1. The average Bonchev–Trinajstić information content (AvgIpc) is 2.76. The molecular weight excluding hydrogens is 408 g/mol. The van der Waals surface area contributed by atoms with Crippen molar-refractivity contribution in [3.63, 3.8) is 0 Å². The fourth-order valence-corrected chi connectivity index (χ4v) is 2.70. The normalized spacial score (nSPS) is 10.3. The Morgan fingerprint density at radius 1 is 1.10 bits per heavy atom. The Labute approximate surface area is 178 Å². The highest BCUT2D eigenvalue weighted by atomic mass is 35.5. The maximum atomic E-state index is 12.3. The molecule has 3 aromatic rings. The lowest BCUT2D eigenvalue weighted by atomic mass is 10.1. The fraction of sp³-hybridized carbons (Fsp3) is 0.143. The molecule has 0 bridgehead atoms. The van der Waals surface area contributed by atoms with Crippen LogP contribution in [0.5, 0.6) is 5.75 Å². The summed E-state index contributed by atoms with van der Waals surface area (Å²) in [4.78, 5) is 31.6. The number of aromatic nitrogens is 2. The van der Waals surface area contributed by atoms with Gasteiger partial charge in [0.2, 0.25) is 0 Å². The number of rotatable bonds is 7. The average molecular weight is 427 g/mol. The van der Waals surface area contributed by atoms with Crippen LogP contribution in [0.2, 0.25) is 5.15 Å². The van der Waals surface area contributed by atoms with Crippen LogP contribution in [0, 0.1) is 0 Å². The number of hydrogen-bond donors (Lipinski definition) is 2. The number of nitrogens with one attached hydrogen (secondary N) is 1. The number of methoxy groups -OCH3 is 1. The Balaban J connectivity index is 1.51. The van der Waals surface area contributed by atoms with Gasteiger partial charge >= 0.3 is 5.97 Å². The van der Waals surface area contributed by atoms with Gasteiger partial charge < -0.3 is 20.5 Å². The van der Waals surface area contributed by atoms with Crippen molar-refractivity contribution >= 4 is 34.9 Å². The lowest BCUT2D eigenvalue weighted by Gasteiger charge is -2.09. The van der Waals surface area contributed by atoms with Crippen LogP contribution in [0.15, 0.2) is 54.7 Å². The first-order valence-electron chi connectivity index (χ1n) is 8.96. The summed E-state index contributed by atoms with van der Waals surface area (Å²) in [5, 5.41) is 2.93. The number of hydrogen-bond acceptors (Lipinski definition) is 7. The molecule has 0 fully saturated rings. The van der Waals surface area contributed by atoms with Crippen LogP contribution >= 0.6 is 11.6 Å². The number of pyridine rings is 2. The number of carbonyl (C=O) groups is 2. The van der Waals surface area contributed by atoms with Crippen LogP contribution in [0.3, 0.4) is 0 Å². The third-order valence-electron chi connectivity index (χ3n) is 4.11. The van der Waals surface area contributed by atoms with Crippen molar-refractivity contribution in [1.29, 1.82) is 0 Å². The molecule has 9 heteroatoms. The third-order valence-corrected chi connectivity index (χ3v) is 4.32. The van der Waals surface area contributed by atoms with Crippen LogP contribution in [0.4, 0.5) is 11.4 Å². The lowest BCUT2D eigenvalue weighted by Crippen LogP contribution is -2.16. The molecule has 3 N–H and O–H groups in total. The molecule has 0 atom stereocenters. The third kappa shape index (κ3) is 5.45. The minimum atomic E-state index is -0.498. The van der Waals surface area contributed by atoms with Gasteiger partial charge in [0.05, 0.1) is 25.6 Å². The van der Waals surface area contributed by atoms with Crippen LogP contribution in [-0.2, 0) is 11.2 Å². The van der Waals surface area contributed by atoms with E-state index in [1.54, 1.807) is 24.3 Å². The quantitative estimate of drug-likeness (QED) is 0.439. The van der Waals surface area contributed by atoms with Gasteiger partial charge in [0.25, 0.3) is 5.91 Å². The highest BCUT2D eigenvalue weighted by Gasteiger charge is 2.12. The molecular formula is C21H19ClN4O4. The topological polar surface area (TPSA) is 116 Å². The van der Waals surface area contributed by atoms with Crippen LogP contribution in [0.1, 0.15) is 26.5 Å². The van der Waals surface area contributed by atoms with Crippen molar-refractivity contribution in [1.82, 2.24) is 9.97 Å². The largest absolute Gasteiger partial charge is 0.492 e. The predicted molar refractivity (Wildman–Crippen MR) is 113 cm³/mol. The predicted octanol–water partition coefficient (Wildman–Crippen LogP) is 3.37. The van der Waals surface area contributed by atoms with E-state index in [0.29, 0.717) is 24.5 Å². The van der Waals surface area contributed by atoms with Crippen molar-refractivity contribution in [2.45, 2.75) is 6.42 Å². The number of esters is 1. The molecule has 0 spiro atoms. The molecule has 0 saturated heterocycles. The molecule has 0 saturated carbocycles. The van der Waals surface area contributed by atoms with Crippen LogP contribution in [0.25, 0.3) is 0 Å². The molecule has 30 heavy (non-hydrogen) atoms. The summed E-state index contributed by atoms with van der Waals surface area (Å²) in [6.07, 6.45) is 2.12. The first-order chi connectivity index (χ1) is 14.5. The van der Waals surface area contributed by atoms with Crippen molar-refractivity contribution in [3.8, 4) is 5.75 Å². The minimum Gasteiger partial charge on any atom is -0.492 e.